The summed E-state index contributed by atoms with van der Waals surface area (Å²) in [6, 6.07) is 5.26. The van der Waals surface area contributed by atoms with E-state index < -0.39 is 0 Å². The van der Waals surface area contributed by atoms with Gasteiger partial charge in [0.25, 0.3) is 0 Å². The fraction of sp³-hybridized carbons (Fsp3) is 0.200. The van der Waals surface area contributed by atoms with Crippen LogP contribution in [0.1, 0.15) is 12.7 Å². The molecule has 0 aliphatic heterocycles. The lowest BCUT2D eigenvalue weighted by molar-refractivity contribution is 0.946. The fourth-order valence-electron chi connectivity index (χ4n) is 1.30. The zero-order chi connectivity index (χ0) is 10.8. The highest BCUT2D eigenvalue weighted by Gasteiger charge is 2.08. The van der Waals surface area contributed by atoms with Crippen molar-refractivity contribution in [2.24, 2.45) is 0 Å². The number of halogens is 1. The summed E-state index contributed by atoms with van der Waals surface area (Å²) in [6.07, 6.45) is 0.813. The number of H-pyrrole nitrogens is 1. The highest BCUT2D eigenvalue weighted by Crippen LogP contribution is 2.25. The molecule has 0 saturated heterocycles. The summed E-state index contributed by atoms with van der Waals surface area (Å²) >= 11 is 5.89. The van der Waals surface area contributed by atoms with E-state index in [4.69, 9.17) is 17.3 Å². The van der Waals surface area contributed by atoms with Gasteiger partial charge >= 0.3 is 0 Å². The molecular weight excluding hydrogens is 212 g/mol. The molecule has 1 aromatic heterocycles. The molecule has 3 N–H and O–H groups in total. The van der Waals surface area contributed by atoms with Crippen LogP contribution in [0.2, 0.25) is 5.02 Å². The number of benzene rings is 1. The van der Waals surface area contributed by atoms with Gasteiger partial charge in [0.1, 0.15) is 5.82 Å². The van der Waals surface area contributed by atoms with E-state index >= 15 is 0 Å². The first kappa shape index (κ1) is 9.98. The number of aromatic nitrogens is 3. The monoisotopic (exact) mass is 222 g/mol. The van der Waals surface area contributed by atoms with E-state index in [1.807, 2.05) is 6.92 Å². The summed E-state index contributed by atoms with van der Waals surface area (Å²) in [4.78, 5) is 4.30. The van der Waals surface area contributed by atoms with E-state index in [0.29, 0.717) is 16.5 Å². The standard InChI is InChI=1S/C10H11ClN4/c1-2-9-13-10(15-14-9)7-5-6(11)3-4-8(7)12/h3-5H,2,12H2,1H3,(H,13,14,15). The summed E-state index contributed by atoms with van der Waals surface area (Å²) in [7, 11) is 0. The summed E-state index contributed by atoms with van der Waals surface area (Å²) in [5.74, 6) is 1.43. The van der Waals surface area contributed by atoms with Crippen LogP contribution in [-0.2, 0) is 6.42 Å². The summed E-state index contributed by atoms with van der Waals surface area (Å²) in [6.45, 7) is 2.01. The molecule has 5 heteroatoms. The lowest BCUT2D eigenvalue weighted by Crippen LogP contribution is -1.91. The largest absolute Gasteiger partial charge is 0.398 e. The molecule has 0 atom stereocenters. The Kier molecular flexibility index (Phi) is 2.60. The van der Waals surface area contributed by atoms with Crippen molar-refractivity contribution in [3.8, 4) is 11.4 Å². The number of nitrogens with one attached hydrogen (secondary N) is 1. The zero-order valence-electron chi connectivity index (χ0n) is 8.29. The van der Waals surface area contributed by atoms with Crippen molar-refractivity contribution in [3.63, 3.8) is 0 Å². The van der Waals surface area contributed by atoms with Gasteiger partial charge in [-0.25, -0.2) is 4.98 Å². The van der Waals surface area contributed by atoms with Crippen LogP contribution >= 0.6 is 11.6 Å². The number of rotatable bonds is 2. The van der Waals surface area contributed by atoms with Gasteiger partial charge in [-0.1, -0.05) is 18.5 Å². The van der Waals surface area contributed by atoms with E-state index in [1.165, 1.54) is 0 Å². The summed E-state index contributed by atoms with van der Waals surface area (Å²) < 4.78 is 0. The molecule has 1 aromatic carbocycles. The molecule has 0 radical (unpaired) electrons. The number of nitrogen functional groups attached to an aromatic ring is 1. The maximum absolute atomic E-state index is 5.89. The SMILES string of the molecule is CCc1nc(-c2cc(Cl)ccc2N)n[nH]1. The highest BCUT2D eigenvalue weighted by atomic mass is 35.5. The van der Waals surface area contributed by atoms with Crippen molar-refractivity contribution in [1.29, 1.82) is 0 Å². The van der Waals surface area contributed by atoms with E-state index in [2.05, 4.69) is 15.2 Å². The second kappa shape index (κ2) is 3.90. The van der Waals surface area contributed by atoms with Crippen molar-refractivity contribution in [2.75, 3.05) is 5.73 Å². The van der Waals surface area contributed by atoms with Crippen LogP contribution in [0.4, 0.5) is 5.69 Å². The van der Waals surface area contributed by atoms with Gasteiger partial charge in [0.05, 0.1) is 0 Å². The molecule has 15 heavy (non-hydrogen) atoms. The fourth-order valence-corrected chi connectivity index (χ4v) is 1.47. The van der Waals surface area contributed by atoms with Crippen LogP contribution in [-0.4, -0.2) is 15.2 Å². The molecule has 2 aromatic rings. The van der Waals surface area contributed by atoms with Gasteiger partial charge in [-0.05, 0) is 18.2 Å². The Labute approximate surface area is 92.5 Å². The minimum Gasteiger partial charge on any atom is -0.398 e. The lowest BCUT2D eigenvalue weighted by atomic mass is 10.2. The molecule has 1 heterocycles. The zero-order valence-corrected chi connectivity index (χ0v) is 9.04. The van der Waals surface area contributed by atoms with Gasteiger partial charge in [0.15, 0.2) is 5.82 Å². The number of nitrogens with two attached hydrogens (primary N) is 1. The average molecular weight is 223 g/mol. The summed E-state index contributed by atoms with van der Waals surface area (Å²) in [5, 5.41) is 7.55. The van der Waals surface area contributed by atoms with Gasteiger partial charge in [0.2, 0.25) is 0 Å². The van der Waals surface area contributed by atoms with Gasteiger partial charge in [-0.15, -0.1) is 0 Å². The molecule has 78 valence electrons. The van der Waals surface area contributed by atoms with Gasteiger partial charge in [-0.3, -0.25) is 5.10 Å². The molecule has 0 amide bonds. The predicted molar refractivity (Wildman–Crippen MR) is 60.6 cm³/mol. The van der Waals surface area contributed by atoms with Crippen molar-refractivity contribution in [2.45, 2.75) is 13.3 Å². The molecule has 0 unspecified atom stereocenters. The number of hydrogen-bond acceptors (Lipinski definition) is 3. The number of nitrogens with zero attached hydrogens (tertiary/aromatic N) is 2. The minimum absolute atomic E-state index is 0.590. The van der Waals surface area contributed by atoms with E-state index in [9.17, 15) is 0 Å². The Morgan fingerprint density at radius 1 is 1.47 bits per heavy atom. The Balaban J connectivity index is 2.48. The maximum Gasteiger partial charge on any atom is 0.183 e. The molecule has 0 aliphatic carbocycles. The van der Waals surface area contributed by atoms with Crippen LogP contribution in [0, 0.1) is 0 Å². The molecule has 0 spiro atoms. The topological polar surface area (TPSA) is 67.6 Å². The Bertz CT molecular complexity index is 478. The third kappa shape index (κ3) is 1.94. The average Bonchev–Trinajstić information content (AvgIpc) is 2.70. The third-order valence-electron chi connectivity index (χ3n) is 2.12. The smallest absolute Gasteiger partial charge is 0.183 e. The van der Waals surface area contributed by atoms with Crippen LogP contribution in [0.25, 0.3) is 11.4 Å². The lowest BCUT2D eigenvalue weighted by Gasteiger charge is -2.00. The number of hydrogen-bond donors (Lipinski definition) is 2. The quantitative estimate of drug-likeness (QED) is 0.766. The molecule has 4 nitrogen and oxygen atoms in total. The van der Waals surface area contributed by atoms with Crippen molar-refractivity contribution < 1.29 is 0 Å². The molecule has 0 fully saturated rings. The van der Waals surface area contributed by atoms with Gasteiger partial charge in [-0.2, -0.15) is 5.10 Å². The molecular formula is C10H11ClN4. The van der Waals surface area contributed by atoms with Crippen molar-refractivity contribution >= 4 is 17.3 Å². The molecule has 0 saturated carbocycles. The second-order valence-corrected chi connectivity index (χ2v) is 3.63. The normalized spacial score (nSPS) is 10.5. The van der Waals surface area contributed by atoms with E-state index in [-0.39, 0.29) is 0 Å². The summed E-state index contributed by atoms with van der Waals surface area (Å²) in [5.41, 5.74) is 7.21. The van der Waals surface area contributed by atoms with Crippen LogP contribution < -0.4 is 5.73 Å². The molecule has 0 aliphatic rings. The first-order valence-electron chi connectivity index (χ1n) is 4.67. The number of aryl methyl sites for hydroxylation is 1. The number of anilines is 1. The highest BCUT2D eigenvalue weighted by molar-refractivity contribution is 6.31. The maximum atomic E-state index is 5.89. The predicted octanol–water partition coefficient (Wildman–Crippen LogP) is 2.27. The third-order valence-corrected chi connectivity index (χ3v) is 2.36. The van der Waals surface area contributed by atoms with Gasteiger partial charge < -0.3 is 5.73 Å². The van der Waals surface area contributed by atoms with Crippen LogP contribution in [0.5, 0.6) is 0 Å². The Hall–Kier alpha value is -1.55. The van der Waals surface area contributed by atoms with E-state index in [0.717, 1.165) is 17.8 Å². The van der Waals surface area contributed by atoms with Crippen LogP contribution in [0.15, 0.2) is 18.2 Å². The van der Waals surface area contributed by atoms with Crippen molar-refractivity contribution in [1.82, 2.24) is 15.2 Å². The Morgan fingerprint density at radius 2 is 2.27 bits per heavy atom. The van der Waals surface area contributed by atoms with Gasteiger partial charge in [0, 0.05) is 22.7 Å². The van der Waals surface area contributed by atoms with E-state index in [1.54, 1.807) is 18.2 Å². The Morgan fingerprint density at radius 3 is 2.93 bits per heavy atom. The first-order chi connectivity index (χ1) is 7.20. The minimum atomic E-state index is 0.590. The molecule has 0 bridgehead atoms. The molecule has 2 rings (SSSR count). The van der Waals surface area contributed by atoms with Crippen LogP contribution in [0.3, 0.4) is 0 Å². The first-order valence-corrected chi connectivity index (χ1v) is 5.05. The second-order valence-electron chi connectivity index (χ2n) is 3.19. The van der Waals surface area contributed by atoms with Crippen molar-refractivity contribution in [3.05, 3.63) is 29.0 Å². The number of aromatic amines is 1.